The van der Waals surface area contributed by atoms with Gasteiger partial charge in [-0.3, -0.25) is 9.59 Å². The SMILES string of the molecule is CC(=O)Nc1ccc(NC(=O)CNc2ccc(N3CCC(C)CC3)cc2)cc1. The van der Waals surface area contributed by atoms with Crippen LogP contribution in [0.3, 0.4) is 0 Å². The molecule has 0 spiro atoms. The summed E-state index contributed by atoms with van der Waals surface area (Å²) in [4.78, 5) is 25.6. The molecular weight excluding hydrogens is 352 g/mol. The minimum atomic E-state index is -0.124. The van der Waals surface area contributed by atoms with Crippen LogP contribution in [-0.4, -0.2) is 31.4 Å². The predicted octanol–water partition coefficient (Wildman–Crippen LogP) is 3.93. The van der Waals surface area contributed by atoms with Gasteiger partial charge in [0, 0.05) is 42.8 Å². The lowest BCUT2D eigenvalue weighted by molar-refractivity contribution is -0.115. The lowest BCUT2D eigenvalue weighted by atomic mass is 9.99. The molecule has 0 bridgehead atoms. The number of nitrogens with zero attached hydrogens (tertiary/aromatic N) is 1. The maximum Gasteiger partial charge on any atom is 0.243 e. The molecule has 0 saturated carbocycles. The number of nitrogens with one attached hydrogen (secondary N) is 3. The highest BCUT2D eigenvalue weighted by Gasteiger charge is 2.15. The molecule has 148 valence electrons. The average molecular weight is 380 g/mol. The van der Waals surface area contributed by atoms with E-state index in [1.165, 1.54) is 25.5 Å². The molecule has 2 aromatic carbocycles. The Morgan fingerprint density at radius 3 is 2.00 bits per heavy atom. The van der Waals surface area contributed by atoms with E-state index in [1.54, 1.807) is 24.3 Å². The van der Waals surface area contributed by atoms with Gasteiger partial charge in [-0.25, -0.2) is 0 Å². The Hall–Kier alpha value is -3.02. The lowest BCUT2D eigenvalue weighted by Crippen LogP contribution is -2.32. The van der Waals surface area contributed by atoms with Gasteiger partial charge in [0.25, 0.3) is 0 Å². The lowest BCUT2D eigenvalue weighted by Gasteiger charge is -2.32. The van der Waals surface area contributed by atoms with Crippen LogP contribution in [0, 0.1) is 5.92 Å². The molecule has 3 N–H and O–H groups in total. The third-order valence-electron chi connectivity index (χ3n) is 4.96. The topological polar surface area (TPSA) is 73.5 Å². The molecule has 0 atom stereocenters. The van der Waals surface area contributed by atoms with Crippen molar-refractivity contribution >= 4 is 34.6 Å². The van der Waals surface area contributed by atoms with Crippen molar-refractivity contribution in [2.45, 2.75) is 26.7 Å². The number of rotatable bonds is 6. The summed E-state index contributed by atoms with van der Waals surface area (Å²) in [5.41, 5.74) is 3.55. The number of hydrogen-bond donors (Lipinski definition) is 3. The summed E-state index contributed by atoms with van der Waals surface area (Å²) in [5.74, 6) is 0.570. The standard InChI is InChI=1S/C22H28N4O2/c1-16-11-13-26(14-12-16)21-9-7-18(8-10-21)23-15-22(28)25-20-5-3-19(4-6-20)24-17(2)27/h3-10,16,23H,11-15H2,1-2H3,(H,24,27)(H,25,28). The number of benzene rings is 2. The molecule has 0 aliphatic carbocycles. The minimum Gasteiger partial charge on any atom is -0.376 e. The molecule has 1 aliphatic heterocycles. The molecule has 1 heterocycles. The smallest absolute Gasteiger partial charge is 0.243 e. The van der Waals surface area contributed by atoms with Crippen molar-refractivity contribution in [2.24, 2.45) is 5.92 Å². The fourth-order valence-electron chi connectivity index (χ4n) is 3.28. The number of piperidine rings is 1. The number of hydrogen-bond acceptors (Lipinski definition) is 4. The van der Waals surface area contributed by atoms with E-state index < -0.39 is 0 Å². The van der Waals surface area contributed by atoms with Crippen molar-refractivity contribution < 1.29 is 9.59 Å². The van der Waals surface area contributed by atoms with Gasteiger partial charge >= 0.3 is 0 Å². The molecule has 28 heavy (non-hydrogen) atoms. The number of anilines is 4. The van der Waals surface area contributed by atoms with E-state index in [9.17, 15) is 9.59 Å². The molecule has 0 radical (unpaired) electrons. The van der Waals surface area contributed by atoms with Gasteiger partial charge in [-0.15, -0.1) is 0 Å². The van der Waals surface area contributed by atoms with Crippen LogP contribution in [0.25, 0.3) is 0 Å². The highest BCUT2D eigenvalue weighted by molar-refractivity contribution is 5.94. The highest BCUT2D eigenvalue weighted by atomic mass is 16.2. The predicted molar refractivity (Wildman–Crippen MR) is 115 cm³/mol. The van der Waals surface area contributed by atoms with E-state index in [-0.39, 0.29) is 18.4 Å². The van der Waals surface area contributed by atoms with Gasteiger partial charge in [0.05, 0.1) is 6.54 Å². The molecule has 1 aliphatic rings. The van der Waals surface area contributed by atoms with E-state index in [0.717, 1.165) is 24.7 Å². The Morgan fingerprint density at radius 1 is 0.893 bits per heavy atom. The van der Waals surface area contributed by atoms with Crippen LogP contribution >= 0.6 is 0 Å². The maximum absolute atomic E-state index is 12.1. The van der Waals surface area contributed by atoms with Crippen molar-refractivity contribution in [3.8, 4) is 0 Å². The van der Waals surface area contributed by atoms with Crippen molar-refractivity contribution in [3.05, 3.63) is 48.5 Å². The van der Waals surface area contributed by atoms with E-state index in [4.69, 9.17) is 0 Å². The Kier molecular flexibility index (Phi) is 6.53. The molecule has 6 nitrogen and oxygen atoms in total. The van der Waals surface area contributed by atoms with Gasteiger partial charge in [-0.2, -0.15) is 0 Å². The molecule has 1 fully saturated rings. The second-order valence-electron chi connectivity index (χ2n) is 7.38. The average Bonchev–Trinajstić information content (AvgIpc) is 2.69. The van der Waals surface area contributed by atoms with E-state index in [1.807, 2.05) is 12.1 Å². The fourth-order valence-corrected chi connectivity index (χ4v) is 3.28. The van der Waals surface area contributed by atoms with Crippen LogP contribution in [-0.2, 0) is 9.59 Å². The summed E-state index contributed by atoms with van der Waals surface area (Å²) in [5, 5.41) is 8.68. The van der Waals surface area contributed by atoms with Gasteiger partial charge in [-0.1, -0.05) is 6.92 Å². The second-order valence-corrected chi connectivity index (χ2v) is 7.38. The maximum atomic E-state index is 12.1. The Labute approximate surface area is 166 Å². The summed E-state index contributed by atoms with van der Waals surface area (Å²) in [6.07, 6.45) is 2.48. The molecular formula is C22H28N4O2. The number of carbonyl (C=O) groups excluding carboxylic acids is 2. The summed E-state index contributed by atoms with van der Waals surface area (Å²) in [6.45, 7) is 6.18. The number of carbonyl (C=O) groups is 2. The third kappa shape index (κ3) is 5.74. The second kappa shape index (κ2) is 9.26. The van der Waals surface area contributed by atoms with Crippen LogP contribution in [0.15, 0.2) is 48.5 Å². The monoisotopic (exact) mass is 380 g/mol. The summed E-state index contributed by atoms with van der Waals surface area (Å²) in [7, 11) is 0. The van der Waals surface area contributed by atoms with Crippen LogP contribution in [0.4, 0.5) is 22.7 Å². The van der Waals surface area contributed by atoms with Gasteiger partial charge in [0.2, 0.25) is 11.8 Å². The Bertz CT molecular complexity index is 794. The summed E-state index contributed by atoms with van der Waals surface area (Å²) in [6, 6.07) is 15.3. The number of amides is 2. The Morgan fingerprint density at radius 2 is 1.43 bits per heavy atom. The molecule has 1 saturated heterocycles. The zero-order valence-corrected chi connectivity index (χ0v) is 16.5. The quantitative estimate of drug-likeness (QED) is 0.710. The van der Waals surface area contributed by atoms with E-state index in [0.29, 0.717) is 11.4 Å². The first-order valence-electron chi connectivity index (χ1n) is 9.76. The van der Waals surface area contributed by atoms with Gasteiger partial charge in [-0.05, 0) is 67.3 Å². The van der Waals surface area contributed by atoms with Crippen molar-refractivity contribution in [1.29, 1.82) is 0 Å². The van der Waals surface area contributed by atoms with Gasteiger partial charge in [0.1, 0.15) is 0 Å². The van der Waals surface area contributed by atoms with E-state index in [2.05, 4.69) is 39.9 Å². The first kappa shape index (κ1) is 19.7. The van der Waals surface area contributed by atoms with Crippen molar-refractivity contribution in [1.82, 2.24) is 0 Å². The molecule has 0 aromatic heterocycles. The van der Waals surface area contributed by atoms with Crippen LogP contribution in [0.1, 0.15) is 26.7 Å². The molecule has 2 amide bonds. The zero-order chi connectivity index (χ0) is 19.9. The van der Waals surface area contributed by atoms with Crippen molar-refractivity contribution in [2.75, 3.05) is 40.5 Å². The molecule has 2 aromatic rings. The zero-order valence-electron chi connectivity index (χ0n) is 16.5. The summed E-state index contributed by atoms with van der Waals surface area (Å²) < 4.78 is 0. The largest absolute Gasteiger partial charge is 0.376 e. The first-order chi connectivity index (χ1) is 13.5. The normalized spacial score (nSPS) is 14.4. The first-order valence-corrected chi connectivity index (χ1v) is 9.76. The van der Waals surface area contributed by atoms with Gasteiger partial charge in [0.15, 0.2) is 0 Å². The molecule has 0 unspecified atom stereocenters. The van der Waals surface area contributed by atoms with Crippen molar-refractivity contribution in [3.63, 3.8) is 0 Å². The minimum absolute atomic E-state index is 0.123. The fraction of sp³-hybridized carbons (Fsp3) is 0.364. The van der Waals surface area contributed by atoms with Crippen LogP contribution in [0.2, 0.25) is 0 Å². The highest BCUT2D eigenvalue weighted by Crippen LogP contribution is 2.24. The van der Waals surface area contributed by atoms with Crippen LogP contribution in [0.5, 0.6) is 0 Å². The summed E-state index contributed by atoms with van der Waals surface area (Å²) >= 11 is 0. The van der Waals surface area contributed by atoms with Gasteiger partial charge < -0.3 is 20.9 Å². The third-order valence-corrected chi connectivity index (χ3v) is 4.96. The van der Waals surface area contributed by atoms with E-state index >= 15 is 0 Å². The van der Waals surface area contributed by atoms with Crippen LogP contribution < -0.4 is 20.9 Å². The Balaban J connectivity index is 1.46. The molecule has 6 heteroatoms. The molecule has 3 rings (SSSR count).